The van der Waals surface area contributed by atoms with Crippen molar-refractivity contribution in [3.8, 4) is 0 Å². The molecule has 0 bridgehead atoms. The summed E-state index contributed by atoms with van der Waals surface area (Å²) in [6.07, 6.45) is 5.77. The maximum Gasteiger partial charge on any atom is 0.274 e. The Balaban J connectivity index is 1.73. The van der Waals surface area contributed by atoms with Gasteiger partial charge >= 0.3 is 0 Å². The molecule has 1 amide bonds. The lowest BCUT2D eigenvalue weighted by Crippen LogP contribution is -2.46. The lowest BCUT2D eigenvalue weighted by Gasteiger charge is -2.39. The normalized spacial score (nSPS) is 17.2. The molecule has 24 heavy (non-hydrogen) atoms. The average molecular weight is 333 g/mol. The van der Waals surface area contributed by atoms with Gasteiger partial charge in [0.1, 0.15) is 5.69 Å². The van der Waals surface area contributed by atoms with Gasteiger partial charge in [-0.15, -0.1) is 0 Å². The molecule has 0 aliphatic carbocycles. The summed E-state index contributed by atoms with van der Waals surface area (Å²) in [4.78, 5) is 23.0. The maximum atomic E-state index is 12.6. The molecule has 8 heteroatoms. The zero-order valence-electron chi connectivity index (χ0n) is 14.4. The van der Waals surface area contributed by atoms with Crippen molar-refractivity contribution >= 4 is 5.91 Å². The number of aryl methyl sites for hydroxylation is 2. The molecule has 130 valence electrons. The van der Waals surface area contributed by atoms with Crippen LogP contribution >= 0.6 is 0 Å². The third-order valence-electron chi connectivity index (χ3n) is 4.72. The highest BCUT2D eigenvalue weighted by Gasteiger charge is 2.41. The minimum Gasteiger partial charge on any atom is -0.385 e. The third-order valence-corrected chi connectivity index (χ3v) is 4.72. The largest absolute Gasteiger partial charge is 0.385 e. The van der Waals surface area contributed by atoms with Crippen LogP contribution in [0, 0.1) is 6.92 Å². The van der Waals surface area contributed by atoms with Crippen LogP contribution in [0.1, 0.15) is 41.5 Å². The van der Waals surface area contributed by atoms with Gasteiger partial charge in [0.15, 0.2) is 5.82 Å². The highest BCUT2D eigenvalue weighted by Crippen LogP contribution is 2.37. The molecule has 1 aliphatic rings. The Kier molecular flexibility index (Phi) is 4.66. The van der Waals surface area contributed by atoms with Crippen LogP contribution in [0.15, 0.2) is 17.0 Å². The van der Waals surface area contributed by atoms with E-state index in [0.717, 1.165) is 25.1 Å². The quantitative estimate of drug-likeness (QED) is 0.820. The van der Waals surface area contributed by atoms with E-state index in [4.69, 9.17) is 9.26 Å². The van der Waals surface area contributed by atoms with Crippen molar-refractivity contribution < 1.29 is 14.1 Å². The fourth-order valence-corrected chi connectivity index (χ4v) is 3.22. The summed E-state index contributed by atoms with van der Waals surface area (Å²) in [5, 5.41) is 4.14. The first-order valence-electron chi connectivity index (χ1n) is 8.11. The van der Waals surface area contributed by atoms with Crippen molar-refractivity contribution in [3.05, 3.63) is 29.9 Å². The minimum atomic E-state index is -0.200. The molecule has 2 aromatic rings. The molecule has 0 saturated carbocycles. The summed E-state index contributed by atoms with van der Waals surface area (Å²) in [7, 11) is 3.54. The number of hydrogen-bond donors (Lipinski definition) is 0. The van der Waals surface area contributed by atoms with Gasteiger partial charge in [-0.05, 0) is 19.3 Å². The van der Waals surface area contributed by atoms with Gasteiger partial charge in [0.2, 0.25) is 5.89 Å². The number of piperidine rings is 1. The van der Waals surface area contributed by atoms with Crippen LogP contribution in [0.3, 0.4) is 0 Å². The number of nitrogens with zero attached hydrogens (tertiary/aromatic N) is 5. The number of hydrogen-bond acceptors (Lipinski definition) is 6. The number of carbonyl (C=O) groups is 1. The Morgan fingerprint density at radius 3 is 2.71 bits per heavy atom. The standard InChI is InChI=1S/C16H23N5O3/c1-12-18-15(19-24-12)16(6-9-23-3)4-7-21(8-5-16)14(22)13-10-20(2)11-17-13/h10-11H,4-9H2,1-3H3. The molecular weight excluding hydrogens is 310 g/mol. The molecule has 0 aromatic carbocycles. The SMILES string of the molecule is COCCC1(c2noc(C)n2)CCN(C(=O)c2cn(C)cn2)CC1. The Morgan fingerprint density at radius 2 is 2.17 bits per heavy atom. The van der Waals surface area contributed by atoms with E-state index in [1.54, 1.807) is 31.1 Å². The zero-order chi connectivity index (χ0) is 17.2. The summed E-state index contributed by atoms with van der Waals surface area (Å²) in [5.74, 6) is 1.26. The molecule has 0 spiro atoms. The van der Waals surface area contributed by atoms with E-state index in [0.29, 0.717) is 31.3 Å². The van der Waals surface area contributed by atoms with Crippen LogP contribution in [0.5, 0.6) is 0 Å². The number of ether oxygens (including phenoxy) is 1. The molecule has 1 saturated heterocycles. The van der Waals surface area contributed by atoms with E-state index in [9.17, 15) is 4.79 Å². The van der Waals surface area contributed by atoms with E-state index in [1.165, 1.54) is 0 Å². The molecule has 1 fully saturated rings. The molecule has 3 rings (SSSR count). The van der Waals surface area contributed by atoms with E-state index in [1.807, 2.05) is 11.9 Å². The molecule has 1 aliphatic heterocycles. The second kappa shape index (κ2) is 6.72. The van der Waals surface area contributed by atoms with Crippen molar-refractivity contribution in [2.24, 2.45) is 7.05 Å². The first-order valence-corrected chi connectivity index (χ1v) is 8.11. The summed E-state index contributed by atoms with van der Waals surface area (Å²) in [6.45, 7) is 3.71. The van der Waals surface area contributed by atoms with Gasteiger partial charge in [-0.2, -0.15) is 4.98 Å². The van der Waals surface area contributed by atoms with Crippen LogP contribution < -0.4 is 0 Å². The molecule has 2 aromatic heterocycles. The van der Waals surface area contributed by atoms with Crippen molar-refractivity contribution in [1.29, 1.82) is 0 Å². The monoisotopic (exact) mass is 333 g/mol. The van der Waals surface area contributed by atoms with Crippen molar-refractivity contribution in [2.75, 3.05) is 26.8 Å². The lowest BCUT2D eigenvalue weighted by atomic mass is 9.75. The third kappa shape index (κ3) is 3.19. The molecule has 0 radical (unpaired) electrons. The summed E-state index contributed by atoms with van der Waals surface area (Å²) >= 11 is 0. The van der Waals surface area contributed by atoms with Crippen LogP contribution in [0.25, 0.3) is 0 Å². The molecule has 3 heterocycles. The van der Waals surface area contributed by atoms with Crippen molar-refractivity contribution in [1.82, 2.24) is 24.6 Å². The number of imidazole rings is 1. The Hall–Kier alpha value is -2.22. The highest BCUT2D eigenvalue weighted by molar-refractivity contribution is 5.92. The minimum absolute atomic E-state index is 0.0276. The van der Waals surface area contributed by atoms with Crippen molar-refractivity contribution in [3.63, 3.8) is 0 Å². The van der Waals surface area contributed by atoms with Gasteiger partial charge < -0.3 is 18.7 Å². The van der Waals surface area contributed by atoms with Crippen molar-refractivity contribution in [2.45, 2.75) is 31.6 Å². The maximum absolute atomic E-state index is 12.6. The van der Waals surface area contributed by atoms with Gasteiger partial charge in [-0.3, -0.25) is 4.79 Å². The second-order valence-corrected chi connectivity index (χ2v) is 6.38. The average Bonchev–Trinajstić information content (AvgIpc) is 3.21. The first-order chi connectivity index (χ1) is 11.5. The number of carbonyl (C=O) groups excluding carboxylic acids is 1. The number of aromatic nitrogens is 4. The predicted molar refractivity (Wildman–Crippen MR) is 85.6 cm³/mol. The smallest absolute Gasteiger partial charge is 0.274 e. The molecular formula is C16H23N5O3. The van der Waals surface area contributed by atoms with Gasteiger partial charge in [0, 0.05) is 52.4 Å². The topological polar surface area (TPSA) is 86.3 Å². The van der Waals surface area contributed by atoms with Crippen LogP contribution in [0.2, 0.25) is 0 Å². The first kappa shape index (κ1) is 16.6. The fourth-order valence-electron chi connectivity index (χ4n) is 3.22. The van der Waals surface area contributed by atoms with Gasteiger partial charge in [-0.1, -0.05) is 5.16 Å². The zero-order valence-corrected chi connectivity index (χ0v) is 14.4. The van der Waals surface area contributed by atoms with E-state index >= 15 is 0 Å². The van der Waals surface area contributed by atoms with E-state index in [2.05, 4.69) is 15.1 Å². The Morgan fingerprint density at radius 1 is 1.42 bits per heavy atom. The predicted octanol–water partition coefficient (Wildman–Crippen LogP) is 1.32. The summed E-state index contributed by atoms with van der Waals surface area (Å²) in [6, 6.07) is 0. The molecule has 0 atom stereocenters. The Labute approximate surface area is 140 Å². The second-order valence-electron chi connectivity index (χ2n) is 6.38. The lowest BCUT2D eigenvalue weighted by molar-refractivity contribution is 0.0611. The van der Waals surface area contributed by atoms with Gasteiger partial charge in [0.25, 0.3) is 5.91 Å². The number of amides is 1. The van der Waals surface area contributed by atoms with E-state index < -0.39 is 0 Å². The fraction of sp³-hybridized carbons (Fsp3) is 0.625. The summed E-state index contributed by atoms with van der Waals surface area (Å²) < 4.78 is 12.2. The number of rotatable bonds is 5. The number of likely N-dealkylation sites (tertiary alicyclic amines) is 1. The van der Waals surface area contributed by atoms with Gasteiger partial charge in [-0.25, -0.2) is 4.98 Å². The molecule has 0 N–H and O–H groups in total. The number of methoxy groups -OCH3 is 1. The molecule has 8 nitrogen and oxygen atoms in total. The molecule has 0 unspecified atom stereocenters. The Bertz CT molecular complexity index is 700. The van der Waals surface area contributed by atoms with Crippen LogP contribution in [-0.2, 0) is 17.2 Å². The van der Waals surface area contributed by atoms with E-state index in [-0.39, 0.29) is 11.3 Å². The van der Waals surface area contributed by atoms with Crippen LogP contribution in [0.4, 0.5) is 0 Å². The highest BCUT2D eigenvalue weighted by atomic mass is 16.5. The van der Waals surface area contributed by atoms with Crippen LogP contribution in [-0.4, -0.2) is 57.3 Å². The summed E-state index contributed by atoms with van der Waals surface area (Å²) in [5.41, 5.74) is 0.284. The van der Waals surface area contributed by atoms with Gasteiger partial charge in [0.05, 0.1) is 6.33 Å².